The van der Waals surface area contributed by atoms with Crippen LogP contribution in [-0.4, -0.2) is 6.18 Å². The number of benzene rings is 3. The van der Waals surface area contributed by atoms with Crippen molar-refractivity contribution in [2.45, 2.75) is 32.4 Å². The van der Waals surface area contributed by atoms with Crippen LogP contribution in [0.5, 0.6) is 0 Å². The number of alkyl halides is 3. The van der Waals surface area contributed by atoms with Crippen LogP contribution in [-0.2, 0) is 6.42 Å². The normalized spacial score (nSPS) is 11.1. The second-order valence-electron chi connectivity index (χ2n) is 6.94. The van der Waals surface area contributed by atoms with E-state index in [-0.39, 0.29) is 5.56 Å². The van der Waals surface area contributed by atoms with Gasteiger partial charge in [0.1, 0.15) is 11.6 Å². The molecule has 0 spiro atoms. The summed E-state index contributed by atoms with van der Waals surface area (Å²) < 4.78 is 64.8. The van der Waals surface area contributed by atoms with Crippen LogP contribution in [0.3, 0.4) is 0 Å². The monoisotopic (exact) mass is 414 g/mol. The standard InChI is InChI=1S/C25H19F5/c1-2-3-4-17-5-7-18(8-6-17)19-9-11-20(12-10-19)21-15-23(26)22(24(27)16-21)13-14-25(28,29)30/h5-12,15-16H,2-4H2,1H3. The van der Waals surface area contributed by atoms with Gasteiger partial charge in [0, 0.05) is 5.92 Å². The van der Waals surface area contributed by atoms with Crippen molar-refractivity contribution in [3.8, 4) is 34.1 Å². The summed E-state index contributed by atoms with van der Waals surface area (Å²) in [7, 11) is 0. The second kappa shape index (κ2) is 9.13. The van der Waals surface area contributed by atoms with E-state index in [9.17, 15) is 22.0 Å². The number of rotatable bonds is 5. The fraction of sp³-hybridized carbons (Fsp3) is 0.200. The minimum Gasteiger partial charge on any atom is -0.205 e. The third-order valence-corrected chi connectivity index (χ3v) is 4.70. The minimum absolute atomic E-state index is 0.226. The zero-order chi connectivity index (χ0) is 21.7. The minimum atomic E-state index is -4.82. The van der Waals surface area contributed by atoms with Crippen molar-refractivity contribution in [2.75, 3.05) is 0 Å². The summed E-state index contributed by atoms with van der Waals surface area (Å²) in [5, 5.41) is 0. The molecule has 0 aliphatic carbocycles. The number of hydrogen-bond donors (Lipinski definition) is 0. The number of halogens is 5. The summed E-state index contributed by atoms with van der Waals surface area (Å²) in [5.74, 6) is 0.150. The van der Waals surface area contributed by atoms with Gasteiger partial charge in [0.15, 0.2) is 0 Å². The third-order valence-electron chi connectivity index (χ3n) is 4.70. The van der Waals surface area contributed by atoms with Crippen LogP contribution in [0, 0.1) is 23.5 Å². The van der Waals surface area contributed by atoms with Crippen molar-refractivity contribution in [1.82, 2.24) is 0 Å². The first-order valence-electron chi connectivity index (χ1n) is 9.55. The largest absolute Gasteiger partial charge is 0.458 e. The van der Waals surface area contributed by atoms with Gasteiger partial charge < -0.3 is 0 Å². The lowest BCUT2D eigenvalue weighted by Crippen LogP contribution is -2.02. The van der Waals surface area contributed by atoms with Gasteiger partial charge in [-0.25, -0.2) is 8.78 Å². The molecule has 0 nitrogen and oxygen atoms in total. The highest BCUT2D eigenvalue weighted by Crippen LogP contribution is 2.28. The Bertz CT molecular complexity index is 1040. The van der Waals surface area contributed by atoms with Gasteiger partial charge in [-0.1, -0.05) is 67.8 Å². The third kappa shape index (κ3) is 5.48. The predicted molar refractivity (Wildman–Crippen MR) is 109 cm³/mol. The van der Waals surface area contributed by atoms with E-state index in [1.165, 1.54) is 11.5 Å². The maximum Gasteiger partial charge on any atom is 0.458 e. The van der Waals surface area contributed by atoms with Crippen LogP contribution in [0.2, 0.25) is 0 Å². The van der Waals surface area contributed by atoms with Crippen LogP contribution < -0.4 is 0 Å². The second-order valence-corrected chi connectivity index (χ2v) is 6.94. The lowest BCUT2D eigenvalue weighted by atomic mass is 9.98. The molecule has 0 saturated heterocycles. The predicted octanol–water partition coefficient (Wildman–Crippen LogP) is 7.56. The van der Waals surface area contributed by atoms with Crippen LogP contribution in [0.25, 0.3) is 22.3 Å². The molecule has 3 rings (SSSR count). The zero-order valence-corrected chi connectivity index (χ0v) is 16.3. The van der Waals surface area contributed by atoms with Gasteiger partial charge in [-0.15, -0.1) is 0 Å². The summed E-state index contributed by atoms with van der Waals surface area (Å²) in [6.45, 7) is 2.15. The van der Waals surface area contributed by atoms with Gasteiger partial charge in [0.25, 0.3) is 0 Å². The quantitative estimate of drug-likeness (QED) is 0.299. The highest BCUT2D eigenvalue weighted by Gasteiger charge is 2.23. The van der Waals surface area contributed by atoms with Crippen LogP contribution in [0.4, 0.5) is 22.0 Å². The van der Waals surface area contributed by atoms with Gasteiger partial charge >= 0.3 is 6.18 Å². The SMILES string of the molecule is CCCCc1ccc(-c2ccc(-c3cc(F)c(C#CC(F)(F)F)c(F)c3)cc2)cc1. The van der Waals surface area contributed by atoms with Crippen LogP contribution >= 0.6 is 0 Å². The first-order valence-corrected chi connectivity index (χ1v) is 9.55. The lowest BCUT2D eigenvalue weighted by molar-refractivity contribution is -0.0696. The molecular weight excluding hydrogens is 395 g/mol. The van der Waals surface area contributed by atoms with Gasteiger partial charge in [-0.2, -0.15) is 13.2 Å². The first kappa shape index (κ1) is 21.6. The van der Waals surface area contributed by atoms with Crippen molar-refractivity contribution < 1.29 is 22.0 Å². The molecule has 0 aliphatic rings. The van der Waals surface area contributed by atoms with Crippen LogP contribution in [0.15, 0.2) is 60.7 Å². The average Bonchev–Trinajstić information content (AvgIpc) is 2.71. The maximum absolute atomic E-state index is 14.1. The zero-order valence-electron chi connectivity index (χ0n) is 16.3. The van der Waals surface area contributed by atoms with E-state index in [1.54, 1.807) is 12.1 Å². The van der Waals surface area contributed by atoms with E-state index >= 15 is 0 Å². The van der Waals surface area contributed by atoms with E-state index in [0.717, 1.165) is 48.4 Å². The smallest absolute Gasteiger partial charge is 0.205 e. The Balaban J connectivity index is 1.83. The van der Waals surface area contributed by atoms with Crippen molar-refractivity contribution >= 4 is 0 Å². The Kier molecular flexibility index (Phi) is 6.56. The molecule has 3 aromatic rings. The lowest BCUT2D eigenvalue weighted by Gasteiger charge is -2.08. The average molecular weight is 414 g/mol. The first-order chi connectivity index (χ1) is 14.3. The van der Waals surface area contributed by atoms with Gasteiger partial charge in [0.2, 0.25) is 0 Å². The van der Waals surface area contributed by atoms with Crippen molar-refractivity contribution in [2.24, 2.45) is 0 Å². The summed E-state index contributed by atoms with van der Waals surface area (Å²) in [5.41, 5.74) is 3.13. The summed E-state index contributed by atoms with van der Waals surface area (Å²) in [6, 6.07) is 17.3. The molecule has 5 heteroatoms. The topological polar surface area (TPSA) is 0 Å². The van der Waals surface area contributed by atoms with E-state index in [1.807, 2.05) is 24.3 Å². The Morgan fingerprint density at radius 3 is 1.67 bits per heavy atom. The fourth-order valence-electron chi connectivity index (χ4n) is 3.09. The molecule has 0 atom stereocenters. The van der Waals surface area contributed by atoms with Gasteiger partial charge in [0.05, 0.1) is 5.56 Å². The molecule has 0 amide bonds. The molecule has 0 saturated carbocycles. The molecule has 0 N–H and O–H groups in total. The number of unbranched alkanes of at least 4 members (excludes halogenated alkanes) is 1. The van der Waals surface area contributed by atoms with Crippen molar-refractivity contribution in [3.63, 3.8) is 0 Å². The Labute approximate surface area is 172 Å². The highest BCUT2D eigenvalue weighted by molar-refractivity contribution is 5.71. The number of aryl methyl sites for hydroxylation is 1. The Morgan fingerprint density at radius 1 is 0.733 bits per heavy atom. The van der Waals surface area contributed by atoms with Crippen LogP contribution in [0.1, 0.15) is 30.9 Å². The summed E-state index contributed by atoms with van der Waals surface area (Å²) in [4.78, 5) is 0. The molecule has 154 valence electrons. The van der Waals surface area contributed by atoms with Crippen molar-refractivity contribution in [3.05, 3.63) is 83.4 Å². The Hall–Kier alpha value is -3.13. The van der Waals surface area contributed by atoms with E-state index in [4.69, 9.17) is 0 Å². The molecule has 0 radical (unpaired) electrons. The molecule has 0 unspecified atom stereocenters. The molecular formula is C25H19F5. The summed E-state index contributed by atoms with van der Waals surface area (Å²) in [6.07, 6.45) is -1.50. The number of hydrogen-bond acceptors (Lipinski definition) is 0. The van der Waals surface area contributed by atoms with Gasteiger partial charge in [-0.05, 0) is 52.8 Å². The summed E-state index contributed by atoms with van der Waals surface area (Å²) >= 11 is 0. The molecule has 0 fully saturated rings. The molecule has 0 heterocycles. The van der Waals surface area contributed by atoms with E-state index in [2.05, 4.69) is 19.1 Å². The highest BCUT2D eigenvalue weighted by atomic mass is 19.4. The van der Waals surface area contributed by atoms with E-state index in [0.29, 0.717) is 5.56 Å². The maximum atomic E-state index is 14.1. The fourth-order valence-corrected chi connectivity index (χ4v) is 3.09. The molecule has 3 aromatic carbocycles. The van der Waals surface area contributed by atoms with E-state index < -0.39 is 23.4 Å². The molecule has 0 aromatic heterocycles. The molecule has 30 heavy (non-hydrogen) atoms. The van der Waals surface area contributed by atoms with Crippen molar-refractivity contribution in [1.29, 1.82) is 0 Å². The molecule has 0 aliphatic heterocycles. The molecule has 0 bridgehead atoms. The Morgan fingerprint density at radius 2 is 1.20 bits per heavy atom. The van der Waals surface area contributed by atoms with Gasteiger partial charge in [-0.3, -0.25) is 0 Å².